The Hall–Kier alpha value is -1.59. The van der Waals surface area contributed by atoms with Crippen LogP contribution in [0.5, 0.6) is 0 Å². The average Bonchev–Trinajstić information content (AvgIpc) is 3.28. The number of hydrogen-bond acceptors (Lipinski definition) is 6. The summed E-state index contributed by atoms with van der Waals surface area (Å²) >= 11 is 0. The normalized spacial score (nSPS) is 12.5. The molecule has 64 heavy (non-hydrogen) atoms. The number of unbranched alkanes of at least 4 members (excludes halogenated alkanes) is 36. The molecular weight excluding hydrogens is 793 g/mol. The van der Waals surface area contributed by atoms with Gasteiger partial charge in [-0.1, -0.05) is 285 Å². The lowest BCUT2D eigenvalue weighted by molar-refractivity contribution is -0.167. The van der Waals surface area contributed by atoms with E-state index in [0.29, 0.717) is 19.3 Å². The van der Waals surface area contributed by atoms with E-state index in [9.17, 15) is 14.4 Å². The van der Waals surface area contributed by atoms with E-state index in [4.69, 9.17) is 14.2 Å². The minimum Gasteiger partial charge on any atom is -0.462 e. The zero-order chi connectivity index (χ0) is 46.8. The van der Waals surface area contributed by atoms with Gasteiger partial charge in [0, 0.05) is 19.3 Å². The number of ether oxygens (including phenoxy) is 3. The van der Waals surface area contributed by atoms with Crippen LogP contribution < -0.4 is 0 Å². The summed E-state index contributed by atoms with van der Waals surface area (Å²) in [6.45, 7) is 11.4. The van der Waals surface area contributed by atoms with Crippen molar-refractivity contribution in [2.75, 3.05) is 13.2 Å². The van der Waals surface area contributed by atoms with Crippen LogP contribution >= 0.6 is 0 Å². The summed E-state index contributed by atoms with van der Waals surface area (Å²) in [5, 5.41) is 0. The van der Waals surface area contributed by atoms with Gasteiger partial charge in [-0.3, -0.25) is 14.4 Å². The molecule has 0 N–H and O–H groups in total. The topological polar surface area (TPSA) is 78.9 Å². The Labute approximate surface area is 399 Å². The second-order valence-corrected chi connectivity index (χ2v) is 20.6. The van der Waals surface area contributed by atoms with Crippen LogP contribution in [0.15, 0.2) is 0 Å². The third kappa shape index (κ3) is 49.8. The molecular formula is C58H112O6. The van der Waals surface area contributed by atoms with Crippen LogP contribution in [0.4, 0.5) is 0 Å². The fourth-order valence-corrected chi connectivity index (χ4v) is 8.84. The second-order valence-electron chi connectivity index (χ2n) is 20.6. The van der Waals surface area contributed by atoms with E-state index in [-0.39, 0.29) is 31.1 Å². The number of carbonyl (C=O) groups is 3. The predicted molar refractivity (Wildman–Crippen MR) is 275 cm³/mol. The van der Waals surface area contributed by atoms with Crippen LogP contribution in [0.3, 0.4) is 0 Å². The van der Waals surface area contributed by atoms with Gasteiger partial charge in [0.2, 0.25) is 0 Å². The van der Waals surface area contributed by atoms with E-state index < -0.39 is 6.10 Å². The minimum atomic E-state index is -0.762. The maximum Gasteiger partial charge on any atom is 0.306 e. The van der Waals surface area contributed by atoms with Crippen LogP contribution in [-0.4, -0.2) is 37.2 Å². The second kappa shape index (κ2) is 50.8. The molecule has 0 bridgehead atoms. The Morgan fingerprint density at radius 2 is 0.594 bits per heavy atom. The highest BCUT2D eigenvalue weighted by atomic mass is 16.6. The van der Waals surface area contributed by atoms with Crippen molar-refractivity contribution in [2.45, 2.75) is 330 Å². The molecule has 0 fully saturated rings. The average molecular weight is 906 g/mol. The lowest BCUT2D eigenvalue weighted by atomic mass is 9.99. The summed E-state index contributed by atoms with van der Waals surface area (Å²) in [6.07, 6.45) is 53.7. The van der Waals surface area contributed by atoms with Gasteiger partial charge in [-0.15, -0.1) is 0 Å². The Kier molecular flexibility index (Phi) is 49.6. The minimum absolute atomic E-state index is 0.0627. The first-order chi connectivity index (χ1) is 31.3. The van der Waals surface area contributed by atoms with Crippen LogP contribution in [0.1, 0.15) is 324 Å². The predicted octanol–water partition coefficient (Wildman–Crippen LogP) is 18.9. The van der Waals surface area contributed by atoms with Gasteiger partial charge in [0.15, 0.2) is 6.10 Å². The fraction of sp³-hybridized carbons (Fsp3) is 0.948. The molecule has 0 amide bonds. The summed E-state index contributed by atoms with van der Waals surface area (Å²) in [5.41, 5.74) is 0. The van der Waals surface area contributed by atoms with Crippen LogP contribution in [0, 0.1) is 11.8 Å². The Bertz CT molecular complexity index is 980. The maximum atomic E-state index is 12.8. The van der Waals surface area contributed by atoms with Gasteiger partial charge in [0.05, 0.1) is 0 Å². The molecule has 0 saturated carbocycles. The molecule has 6 nitrogen and oxygen atoms in total. The number of carbonyl (C=O) groups excluding carboxylic acids is 3. The van der Waals surface area contributed by atoms with E-state index >= 15 is 0 Å². The first-order valence-electron chi connectivity index (χ1n) is 28.8. The Morgan fingerprint density at radius 3 is 0.891 bits per heavy atom. The van der Waals surface area contributed by atoms with Gasteiger partial charge in [-0.05, 0) is 31.1 Å². The van der Waals surface area contributed by atoms with Crippen molar-refractivity contribution in [1.29, 1.82) is 0 Å². The molecule has 0 radical (unpaired) electrons. The Balaban J connectivity index is 4.28. The molecule has 2 atom stereocenters. The number of rotatable bonds is 52. The fourth-order valence-electron chi connectivity index (χ4n) is 8.84. The van der Waals surface area contributed by atoms with Crippen molar-refractivity contribution in [3.8, 4) is 0 Å². The first kappa shape index (κ1) is 62.4. The third-order valence-corrected chi connectivity index (χ3v) is 13.6. The lowest BCUT2D eigenvalue weighted by Crippen LogP contribution is -2.30. The zero-order valence-electron chi connectivity index (χ0n) is 43.9. The van der Waals surface area contributed by atoms with Gasteiger partial charge >= 0.3 is 17.9 Å². The van der Waals surface area contributed by atoms with Crippen molar-refractivity contribution in [3.63, 3.8) is 0 Å². The van der Waals surface area contributed by atoms with Crippen molar-refractivity contribution < 1.29 is 28.6 Å². The van der Waals surface area contributed by atoms with E-state index in [0.717, 1.165) is 69.6 Å². The standard InChI is InChI=1S/C58H112O6/c1-6-8-9-10-11-12-13-16-25-30-35-40-45-50-58(61)64-55(52-63-57(60)49-44-39-34-29-24-20-19-21-26-31-36-41-46-53(3)4)51-62-56(59)48-43-38-33-28-23-18-15-14-17-22-27-32-37-42-47-54(5)7-2/h53-55H,6-52H2,1-5H3/t54?,55-/m1/s1. The highest BCUT2D eigenvalue weighted by Gasteiger charge is 2.19. The molecule has 0 aromatic rings. The highest BCUT2D eigenvalue weighted by molar-refractivity contribution is 5.71. The molecule has 0 aliphatic heterocycles. The van der Waals surface area contributed by atoms with Crippen molar-refractivity contribution >= 4 is 17.9 Å². The molecule has 1 unspecified atom stereocenters. The molecule has 0 aromatic heterocycles. The molecule has 0 rings (SSSR count). The molecule has 0 aromatic carbocycles. The summed E-state index contributed by atoms with van der Waals surface area (Å²) in [7, 11) is 0. The summed E-state index contributed by atoms with van der Waals surface area (Å²) < 4.78 is 16.9. The largest absolute Gasteiger partial charge is 0.462 e. The van der Waals surface area contributed by atoms with E-state index in [1.807, 2.05) is 0 Å². The monoisotopic (exact) mass is 905 g/mol. The SMILES string of the molecule is CCCCCCCCCCCCCCCC(=O)O[C@H](COC(=O)CCCCCCCCCCCCCCCCC(C)CC)COC(=O)CCCCCCCCCCCCCCC(C)C. The first-order valence-corrected chi connectivity index (χ1v) is 28.8. The smallest absolute Gasteiger partial charge is 0.306 e. The third-order valence-electron chi connectivity index (χ3n) is 13.6. The summed E-state index contributed by atoms with van der Waals surface area (Å²) in [5.74, 6) is 0.890. The molecule has 0 saturated heterocycles. The molecule has 0 aliphatic carbocycles. The van der Waals surface area contributed by atoms with Gasteiger partial charge in [0.25, 0.3) is 0 Å². The van der Waals surface area contributed by atoms with Crippen molar-refractivity contribution in [2.24, 2.45) is 11.8 Å². The maximum absolute atomic E-state index is 12.8. The van der Waals surface area contributed by atoms with Gasteiger partial charge in [0.1, 0.15) is 13.2 Å². The highest BCUT2D eigenvalue weighted by Crippen LogP contribution is 2.18. The number of esters is 3. The van der Waals surface area contributed by atoms with E-state index in [2.05, 4.69) is 34.6 Å². The molecule has 0 heterocycles. The van der Waals surface area contributed by atoms with Crippen molar-refractivity contribution in [3.05, 3.63) is 0 Å². The van der Waals surface area contributed by atoms with Gasteiger partial charge in [-0.25, -0.2) is 0 Å². The van der Waals surface area contributed by atoms with Crippen molar-refractivity contribution in [1.82, 2.24) is 0 Å². The molecule has 0 aliphatic rings. The van der Waals surface area contributed by atoms with Crippen LogP contribution in [0.25, 0.3) is 0 Å². The lowest BCUT2D eigenvalue weighted by Gasteiger charge is -2.18. The van der Waals surface area contributed by atoms with Gasteiger partial charge < -0.3 is 14.2 Å². The molecule has 0 spiro atoms. The Morgan fingerprint density at radius 1 is 0.328 bits per heavy atom. The summed E-state index contributed by atoms with van der Waals surface area (Å²) in [6, 6.07) is 0. The van der Waals surface area contributed by atoms with Gasteiger partial charge in [-0.2, -0.15) is 0 Å². The number of hydrogen-bond donors (Lipinski definition) is 0. The van der Waals surface area contributed by atoms with E-state index in [1.165, 1.54) is 212 Å². The van der Waals surface area contributed by atoms with E-state index in [1.54, 1.807) is 0 Å². The van der Waals surface area contributed by atoms with Crippen LogP contribution in [-0.2, 0) is 28.6 Å². The van der Waals surface area contributed by atoms with Crippen LogP contribution in [0.2, 0.25) is 0 Å². The molecule has 6 heteroatoms. The zero-order valence-corrected chi connectivity index (χ0v) is 43.9. The molecule has 380 valence electrons. The quantitative estimate of drug-likeness (QED) is 0.0344. The summed E-state index contributed by atoms with van der Waals surface area (Å²) in [4.78, 5) is 38.1.